The van der Waals surface area contributed by atoms with Crippen LogP contribution in [-0.4, -0.2) is 19.0 Å². The molecule has 122 valence electrons. The van der Waals surface area contributed by atoms with E-state index in [0.717, 1.165) is 5.56 Å². The number of hydrogen-bond donors (Lipinski definition) is 0. The van der Waals surface area contributed by atoms with E-state index in [1.807, 2.05) is 25.1 Å². The van der Waals surface area contributed by atoms with Gasteiger partial charge in [-0.05, 0) is 30.7 Å². The van der Waals surface area contributed by atoms with Gasteiger partial charge in [-0.2, -0.15) is 0 Å². The minimum absolute atomic E-state index is 0.0858. The SMILES string of the molecule is C#CCOc1c(Cl)cc(/C=C/C(=O)c2ccccc2)cc1OCC. The van der Waals surface area contributed by atoms with Crippen LogP contribution in [0.4, 0.5) is 0 Å². The van der Waals surface area contributed by atoms with Crippen molar-refractivity contribution in [2.75, 3.05) is 13.2 Å². The number of terminal acetylenes is 1. The highest BCUT2D eigenvalue weighted by molar-refractivity contribution is 6.32. The highest BCUT2D eigenvalue weighted by atomic mass is 35.5. The van der Waals surface area contributed by atoms with Gasteiger partial charge < -0.3 is 9.47 Å². The molecule has 0 aromatic heterocycles. The summed E-state index contributed by atoms with van der Waals surface area (Å²) in [6, 6.07) is 12.5. The van der Waals surface area contributed by atoms with Crippen LogP contribution in [0.5, 0.6) is 11.5 Å². The van der Waals surface area contributed by atoms with Crippen molar-refractivity contribution in [3.8, 4) is 23.8 Å². The van der Waals surface area contributed by atoms with E-state index in [1.54, 1.807) is 30.3 Å². The summed E-state index contributed by atoms with van der Waals surface area (Å²) in [4.78, 5) is 12.1. The standard InChI is InChI=1S/C20H17ClO3/c1-3-12-24-20-17(21)13-15(14-19(20)23-4-2)10-11-18(22)16-8-6-5-7-9-16/h1,5-11,13-14H,4,12H2,2H3/b11-10+. The molecule has 0 saturated carbocycles. The van der Waals surface area contributed by atoms with Crippen LogP contribution in [0.1, 0.15) is 22.8 Å². The third kappa shape index (κ3) is 4.65. The van der Waals surface area contributed by atoms with Crippen LogP contribution in [0, 0.1) is 12.3 Å². The van der Waals surface area contributed by atoms with Crippen molar-refractivity contribution in [3.05, 3.63) is 64.7 Å². The molecule has 0 amide bonds. The molecule has 0 aliphatic carbocycles. The first kappa shape index (κ1) is 17.7. The average molecular weight is 341 g/mol. The molecule has 0 bridgehead atoms. The Kier molecular flexibility index (Phi) is 6.48. The van der Waals surface area contributed by atoms with E-state index in [2.05, 4.69) is 5.92 Å². The molecule has 0 aliphatic rings. The first-order valence-corrected chi connectivity index (χ1v) is 7.83. The summed E-state index contributed by atoms with van der Waals surface area (Å²) in [6.45, 7) is 2.42. The molecule has 0 atom stereocenters. The summed E-state index contributed by atoms with van der Waals surface area (Å²) < 4.78 is 11.0. The predicted octanol–water partition coefficient (Wildman–Crippen LogP) is 4.65. The van der Waals surface area contributed by atoms with Gasteiger partial charge in [-0.25, -0.2) is 0 Å². The molecule has 0 aliphatic heterocycles. The van der Waals surface area contributed by atoms with Gasteiger partial charge >= 0.3 is 0 Å². The minimum atomic E-state index is -0.0858. The average Bonchev–Trinajstić information content (AvgIpc) is 2.60. The molecule has 2 aromatic rings. The van der Waals surface area contributed by atoms with Crippen molar-refractivity contribution in [2.45, 2.75) is 6.92 Å². The van der Waals surface area contributed by atoms with E-state index in [1.165, 1.54) is 6.08 Å². The van der Waals surface area contributed by atoms with Gasteiger partial charge in [-0.15, -0.1) is 6.42 Å². The van der Waals surface area contributed by atoms with Crippen molar-refractivity contribution < 1.29 is 14.3 Å². The summed E-state index contributed by atoms with van der Waals surface area (Å²) in [5, 5.41) is 0.378. The number of rotatable bonds is 7. The van der Waals surface area contributed by atoms with E-state index >= 15 is 0 Å². The zero-order chi connectivity index (χ0) is 17.4. The zero-order valence-corrected chi connectivity index (χ0v) is 14.0. The molecule has 0 radical (unpaired) electrons. The second kappa shape index (κ2) is 8.81. The first-order chi connectivity index (χ1) is 11.7. The number of ketones is 1. The van der Waals surface area contributed by atoms with Crippen molar-refractivity contribution in [1.29, 1.82) is 0 Å². The Morgan fingerprint density at radius 1 is 1.25 bits per heavy atom. The van der Waals surface area contributed by atoms with Gasteiger partial charge in [0.25, 0.3) is 0 Å². The molecule has 4 heteroatoms. The molecule has 0 unspecified atom stereocenters. The number of benzene rings is 2. The normalized spacial score (nSPS) is 10.4. The second-order valence-corrected chi connectivity index (χ2v) is 5.23. The van der Waals surface area contributed by atoms with Gasteiger partial charge in [-0.3, -0.25) is 4.79 Å². The Morgan fingerprint density at radius 3 is 2.67 bits per heavy atom. The number of allylic oxidation sites excluding steroid dienone is 1. The fourth-order valence-corrected chi connectivity index (χ4v) is 2.35. The van der Waals surface area contributed by atoms with Gasteiger partial charge in [0, 0.05) is 5.56 Å². The maximum absolute atomic E-state index is 12.1. The van der Waals surface area contributed by atoms with E-state index < -0.39 is 0 Å². The van der Waals surface area contributed by atoms with Crippen molar-refractivity contribution in [3.63, 3.8) is 0 Å². The van der Waals surface area contributed by atoms with Crippen molar-refractivity contribution in [1.82, 2.24) is 0 Å². The summed E-state index contributed by atoms with van der Waals surface area (Å²) >= 11 is 6.25. The Bertz CT molecular complexity index is 773. The topological polar surface area (TPSA) is 35.5 Å². The third-order valence-electron chi connectivity index (χ3n) is 3.12. The third-order valence-corrected chi connectivity index (χ3v) is 3.40. The van der Waals surface area contributed by atoms with Crippen LogP contribution in [-0.2, 0) is 0 Å². The van der Waals surface area contributed by atoms with Gasteiger partial charge in [0.2, 0.25) is 0 Å². The molecule has 0 N–H and O–H groups in total. The van der Waals surface area contributed by atoms with E-state index in [9.17, 15) is 4.79 Å². The van der Waals surface area contributed by atoms with Gasteiger partial charge in [0.15, 0.2) is 17.3 Å². The molecular formula is C20H17ClO3. The monoisotopic (exact) mass is 340 g/mol. The van der Waals surface area contributed by atoms with E-state index in [0.29, 0.717) is 28.7 Å². The van der Waals surface area contributed by atoms with Gasteiger partial charge in [0.1, 0.15) is 6.61 Å². The molecule has 2 rings (SSSR count). The summed E-state index contributed by atoms with van der Waals surface area (Å²) in [5.74, 6) is 3.20. The Balaban J connectivity index is 2.26. The van der Waals surface area contributed by atoms with Gasteiger partial charge in [-0.1, -0.05) is 53.9 Å². The minimum Gasteiger partial charge on any atom is -0.490 e. The molecule has 0 heterocycles. The van der Waals surface area contributed by atoms with Crippen LogP contribution in [0.2, 0.25) is 5.02 Å². The lowest BCUT2D eigenvalue weighted by atomic mass is 10.1. The fourth-order valence-electron chi connectivity index (χ4n) is 2.07. The Morgan fingerprint density at radius 2 is 2.00 bits per heavy atom. The number of hydrogen-bond acceptors (Lipinski definition) is 3. The van der Waals surface area contributed by atoms with Gasteiger partial charge in [0.05, 0.1) is 11.6 Å². The Hall–Kier alpha value is -2.70. The van der Waals surface area contributed by atoms with Crippen LogP contribution in [0.3, 0.4) is 0 Å². The van der Waals surface area contributed by atoms with Crippen molar-refractivity contribution in [2.24, 2.45) is 0 Å². The summed E-state index contributed by atoms with van der Waals surface area (Å²) in [5.41, 5.74) is 1.36. The maximum Gasteiger partial charge on any atom is 0.185 e. The number of ether oxygens (including phenoxy) is 2. The van der Waals surface area contributed by atoms with Crippen LogP contribution in [0.15, 0.2) is 48.5 Å². The predicted molar refractivity (Wildman–Crippen MR) is 96.8 cm³/mol. The largest absolute Gasteiger partial charge is 0.490 e. The van der Waals surface area contributed by atoms with Crippen LogP contribution < -0.4 is 9.47 Å². The van der Waals surface area contributed by atoms with Crippen LogP contribution >= 0.6 is 11.6 Å². The maximum atomic E-state index is 12.1. The fraction of sp³-hybridized carbons (Fsp3) is 0.150. The number of carbonyl (C=O) groups excluding carboxylic acids is 1. The molecule has 0 spiro atoms. The van der Waals surface area contributed by atoms with E-state index in [-0.39, 0.29) is 12.4 Å². The number of carbonyl (C=O) groups is 1. The second-order valence-electron chi connectivity index (χ2n) is 4.82. The molecule has 0 fully saturated rings. The molecular weight excluding hydrogens is 324 g/mol. The lowest BCUT2D eigenvalue weighted by Crippen LogP contribution is -2.00. The number of halogens is 1. The van der Waals surface area contributed by atoms with Crippen LogP contribution in [0.25, 0.3) is 6.08 Å². The summed E-state index contributed by atoms with van der Waals surface area (Å²) in [6.07, 6.45) is 8.40. The summed E-state index contributed by atoms with van der Waals surface area (Å²) in [7, 11) is 0. The molecule has 3 nitrogen and oxygen atoms in total. The quantitative estimate of drug-likeness (QED) is 0.418. The van der Waals surface area contributed by atoms with E-state index in [4.69, 9.17) is 27.5 Å². The smallest absolute Gasteiger partial charge is 0.185 e. The Labute approximate surface area is 146 Å². The lowest BCUT2D eigenvalue weighted by molar-refractivity contribution is 0.104. The first-order valence-electron chi connectivity index (χ1n) is 7.45. The molecule has 2 aromatic carbocycles. The molecule has 24 heavy (non-hydrogen) atoms. The molecule has 0 saturated heterocycles. The highest BCUT2D eigenvalue weighted by Crippen LogP contribution is 2.37. The highest BCUT2D eigenvalue weighted by Gasteiger charge is 2.12. The zero-order valence-electron chi connectivity index (χ0n) is 13.3. The lowest BCUT2D eigenvalue weighted by Gasteiger charge is -2.13. The van der Waals surface area contributed by atoms with Crippen molar-refractivity contribution >= 4 is 23.5 Å².